The van der Waals surface area contributed by atoms with Crippen LogP contribution in [0.5, 0.6) is 0 Å². The van der Waals surface area contributed by atoms with Crippen LogP contribution in [0.25, 0.3) is 0 Å². The normalized spacial score (nSPS) is 11.7. The molecule has 2 aromatic rings. The maximum Gasteiger partial charge on any atom is 0.417 e. The number of carbonyl (C=O) groups excluding carboxylic acids is 1. The molecule has 1 heterocycles. The third kappa shape index (κ3) is 4.23. The Labute approximate surface area is 138 Å². The number of nitriles is 1. The van der Waals surface area contributed by atoms with Crippen LogP contribution < -0.4 is 10.6 Å². The molecule has 0 aliphatic heterocycles. The van der Waals surface area contributed by atoms with Crippen molar-refractivity contribution in [2.45, 2.75) is 6.18 Å². The molecule has 1 aromatic carbocycles. The minimum atomic E-state index is -4.67. The Kier molecular flexibility index (Phi) is 5.05. The molecule has 2 rings (SSSR count). The van der Waals surface area contributed by atoms with Crippen molar-refractivity contribution in [2.75, 3.05) is 10.6 Å². The summed E-state index contributed by atoms with van der Waals surface area (Å²) in [5.74, 6) is -0.721. The van der Waals surface area contributed by atoms with Crippen LogP contribution in [0.2, 0.25) is 5.02 Å². The maximum absolute atomic E-state index is 12.8. The highest BCUT2D eigenvalue weighted by Crippen LogP contribution is 2.36. The van der Waals surface area contributed by atoms with Gasteiger partial charge in [-0.1, -0.05) is 11.6 Å². The lowest BCUT2D eigenvalue weighted by Crippen LogP contribution is -2.15. The van der Waals surface area contributed by atoms with E-state index in [1.165, 1.54) is 12.4 Å². The molecule has 0 aliphatic rings. The summed E-state index contributed by atoms with van der Waals surface area (Å²) in [4.78, 5) is 15.7. The highest BCUT2D eigenvalue weighted by Gasteiger charge is 2.33. The van der Waals surface area contributed by atoms with Gasteiger partial charge in [0.25, 0.3) is 5.91 Å². The van der Waals surface area contributed by atoms with Gasteiger partial charge in [-0.05, 0) is 18.2 Å². The zero-order valence-electron chi connectivity index (χ0n) is 11.6. The Balaban J connectivity index is 2.16. The molecule has 0 saturated heterocycles. The highest BCUT2D eigenvalue weighted by atomic mass is 35.5. The third-order valence-electron chi connectivity index (χ3n) is 2.66. The fourth-order valence-corrected chi connectivity index (χ4v) is 1.81. The van der Waals surface area contributed by atoms with E-state index in [9.17, 15) is 18.0 Å². The van der Waals surface area contributed by atoms with Crippen LogP contribution in [0.4, 0.5) is 24.8 Å². The maximum atomic E-state index is 12.8. The predicted molar refractivity (Wildman–Crippen MR) is 78.8 cm³/mol. The highest BCUT2D eigenvalue weighted by molar-refractivity contribution is 6.31. The number of aromatic nitrogens is 3. The molecular weight excluding hydrogens is 349 g/mol. The molecule has 124 valence electrons. The fraction of sp³-hybridized carbons (Fsp3) is 0.0769. The minimum Gasteiger partial charge on any atom is -0.330 e. The van der Waals surface area contributed by atoms with Crippen LogP contribution in [-0.2, 0) is 11.0 Å². The van der Waals surface area contributed by atoms with E-state index in [2.05, 4.69) is 25.8 Å². The molecule has 1 aromatic heterocycles. The van der Waals surface area contributed by atoms with Gasteiger partial charge in [0, 0.05) is 11.9 Å². The molecule has 0 saturated carbocycles. The van der Waals surface area contributed by atoms with Gasteiger partial charge in [-0.3, -0.25) is 4.79 Å². The number of hydrogen-bond donors (Lipinski definition) is 3. The largest absolute Gasteiger partial charge is 0.417 e. The Morgan fingerprint density at radius 3 is 2.75 bits per heavy atom. The number of rotatable bonds is 4. The van der Waals surface area contributed by atoms with Gasteiger partial charge in [0.1, 0.15) is 18.0 Å². The second-order valence-electron chi connectivity index (χ2n) is 4.29. The van der Waals surface area contributed by atoms with Crippen molar-refractivity contribution >= 4 is 29.1 Å². The van der Waals surface area contributed by atoms with Gasteiger partial charge >= 0.3 is 6.18 Å². The molecule has 0 spiro atoms. The Morgan fingerprint density at radius 2 is 2.17 bits per heavy atom. The van der Waals surface area contributed by atoms with E-state index in [1.807, 2.05) is 0 Å². The first-order valence-corrected chi connectivity index (χ1v) is 6.59. The predicted octanol–water partition coefficient (Wildman–Crippen LogP) is 2.93. The monoisotopic (exact) mass is 356 g/mol. The molecule has 1 amide bonds. The number of alkyl halides is 3. The van der Waals surface area contributed by atoms with E-state index in [1.54, 1.807) is 6.07 Å². The smallest absolute Gasteiger partial charge is 0.330 e. The number of H-pyrrole nitrogens is 1. The Hall–Kier alpha value is -3.06. The lowest BCUT2D eigenvalue weighted by atomic mass is 10.2. The number of nitrogens with zero attached hydrogens (tertiary/aromatic N) is 3. The first-order valence-electron chi connectivity index (χ1n) is 6.21. The van der Waals surface area contributed by atoms with Gasteiger partial charge < -0.3 is 10.6 Å². The molecule has 0 radical (unpaired) electrons. The van der Waals surface area contributed by atoms with Crippen LogP contribution in [0.1, 0.15) is 5.56 Å². The number of hydrogen-bond acceptors (Lipinski definition) is 5. The standard InChI is InChI=1S/C13H8ClF3N6O/c14-10-2-1-8(3-9(10)13(15,16)17)22-11(24)7(4-18)5-19-12-20-6-21-23-12/h1-3,5-6H,(H,22,24)(H2,19,20,21,23)/b7-5-. The summed E-state index contributed by atoms with van der Waals surface area (Å²) < 4.78 is 38.3. The van der Waals surface area contributed by atoms with E-state index in [0.717, 1.165) is 12.3 Å². The number of anilines is 2. The molecule has 0 fully saturated rings. The van der Waals surface area contributed by atoms with Crippen LogP contribution in [0, 0.1) is 11.3 Å². The number of nitrogens with one attached hydrogen (secondary N) is 3. The first-order chi connectivity index (χ1) is 11.3. The van der Waals surface area contributed by atoms with E-state index in [-0.39, 0.29) is 17.2 Å². The third-order valence-corrected chi connectivity index (χ3v) is 2.99. The van der Waals surface area contributed by atoms with Crippen molar-refractivity contribution in [3.05, 3.63) is 46.9 Å². The van der Waals surface area contributed by atoms with E-state index >= 15 is 0 Å². The average Bonchev–Trinajstić information content (AvgIpc) is 3.02. The fourth-order valence-electron chi connectivity index (χ4n) is 1.58. The average molecular weight is 357 g/mol. The molecule has 24 heavy (non-hydrogen) atoms. The van der Waals surface area contributed by atoms with Crippen LogP contribution in [0.3, 0.4) is 0 Å². The summed E-state index contributed by atoms with van der Waals surface area (Å²) in [5.41, 5.74) is -1.63. The van der Waals surface area contributed by atoms with E-state index < -0.39 is 22.7 Å². The topological polar surface area (TPSA) is 106 Å². The lowest BCUT2D eigenvalue weighted by Gasteiger charge is -2.11. The van der Waals surface area contributed by atoms with Crippen LogP contribution >= 0.6 is 11.6 Å². The number of amides is 1. The van der Waals surface area contributed by atoms with Gasteiger partial charge in [-0.15, -0.1) is 0 Å². The SMILES string of the molecule is N#C/C(=C/Nc1ncn[nH]1)C(=O)Nc1ccc(Cl)c(C(F)(F)F)c1. The van der Waals surface area contributed by atoms with Gasteiger partial charge in [0.15, 0.2) is 0 Å². The second kappa shape index (κ2) is 7.01. The number of halogens is 4. The van der Waals surface area contributed by atoms with Crippen LogP contribution in [0.15, 0.2) is 36.3 Å². The molecule has 7 nitrogen and oxygen atoms in total. The Morgan fingerprint density at radius 1 is 1.42 bits per heavy atom. The summed E-state index contributed by atoms with van der Waals surface area (Å²) in [7, 11) is 0. The van der Waals surface area contributed by atoms with Crippen molar-refractivity contribution in [3.8, 4) is 6.07 Å². The van der Waals surface area contributed by atoms with Crippen molar-refractivity contribution < 1.29 is 18.0 Å². The second-order valence-corrected chi connectivity index (χ2v) is 4.70. The minimum absolute atomic E-state index is 0.155. The summed E-state index contributed by atoms with van der Waals surface area (Å²) in [6.07, 6.45) is -2.43. The van der Waals surface area contributed by atoms with Crippen LogP contribution in [-0.4, -0.2) is 21.1 Å². The van der Waals surface area contributed by atoms with Gasteiger partial charge in [0.05, 0.1) is 10.6 Å². The molecule has 3 N–H and O–H groups in total. The molecule has 0 aliphatic carbocycles. The summed E-state index contributed by atoms with van der Waals surface area (Å²) in [5, 5.41) is 19.2. The molecule has 0 unspecified atom stereocenters. The first kappa shape index (κ1) is 17.3. The number of benzene rings is 1. The van der Waals surface area contributed by atoms with Crippen molar-refractivity contribution in [1.82, 2.24) is 15.2 Å². The van der Waals surface area contributed by atoms with Gasteiger partial charge in [-0.25, -0.2) is 5.10 Å². The summed E-state index contributed by atoms with van der Waals surface area (Å²) >= 11 is 5.49. The van der Waals surface area contributed by atoms with Gasteiger partial charge in [0.2, 0.25) is 5.95 Å². The zero-order valence-corrected chi connectivity index (χ0v) is 12.4. The summed E-state index contributed by atoms with van der Waals surface area (Å²) in [6, 6.07) is 4.49. The zero-order chi connectivity index (χ0) is 17.7. The van der Waals surface area contributed by atoms with Crippen molar-refractivity contribution in [3.63, 3.8) is 0 Å². The van der Waals surface area contributed by atoms with Gasteiger partial charge in [-0.2, -0.15) is 28.5 Å². The number of aromatic amines is 1. The quantitative estimate of drug-likeness (QED) is 0.577. The molecule has 11 heteroatoms. The number of carbonyl (C=O) groups is 1. The van der Waals surface area contributed by atoms with E-state index in [0.29, 0.717) is 6.07 Å². The lowest BCUT2D eigenvalue weighted by molar-refractivity contribution is -0.137. The Bertz CT molecular complexity index is 810. The summed E-state index contributed by atoms with van der Waals surface area (Å²) in [6.45, 7) is 0. The molecular formula is C13H8ClF3N6O. The van der Waals surface area contributed by atoms with E-state index in [4.69, 9.17) is 16.9 Å². The molecule has 0 bridgehead atoms. The van der Waals surface area contributed by atoms with Crippen molar-refractivity contribution in [1.29, 1.82) is 5.26 Å². The molecule has 0 atom stereocenters. The van der Waals surface area contributed by atoms with Crippen molar-refractivity contribution in [2.24, 2.45) is 0 Å².